The molecule has 1 aromatic carbocycles. The molecule has 0 aliphatic rings. The molecule has 0 unspecified atom stereocenters. The topological polar surface area (TPSA) is 149 Å². The Balaban J connectivity index is 2.01. The lowest BCUT2D eigenvalue weighted by atomic mass is 10.1. The molecule has 2 aromatic heterocycles. The molecule has 0 radical (unpaired) electrons. The summed E-state index contributed by atoms with van der Waals surface area (Å²) in [6.07, 6.45) is 2.90. The smallest absolute Gasteiger partial charge is 0.265 e. The second-order valence-corrected chi connectivity index (χ2v) is 7.53. The summed E-state index contributed by atoms with van der Waals surface area (Å²) >= 11 is 0. The summed E-state index contributed by atoms with van der Waals surface area (Å²) in [6.45, 7) is 1.71. The number of benzene rings is 1. The number of nitrogens with two attached hydrogens (primary N) is 1. The number of hydrazine groups is 1. The number of anilines is 1. The zero-order chi connectivity index (χ0) is 21.0. The minimum Gasteiger partial charge on any atom is -0.478 e. The molecule has 0 saturated carbocycles. The lowest BCUT2D eigenvalue weighted by molar-refractivity contribution is 0.0953. The van der Waals surface area contributed by atoms with Gasteiger partial charge in [0.2, 0.25) is 5.82 Å². The van der Waals surface area contributed by atoms with Gasteiger partial charge in [-0.05, 0) is 31.2 Å². The maximum atomic E-state index is 13.0. The predicted molar refractivity (Wildman–Crippen MR) is 105 cm³/mol. The van der Waals surface area contributed by atoms with Crippen LogP contribution in [0.2, 0.25) is 0 Å². The molecule has 0 saturated heterocycles. The third-order valence-electron chi connectivity index (χ3n) is 3.90. The van der Waals surface area contributed by atoms with Gasteiger partial charge in [0.25, 0.3) is 21.8 Å². The first-order valence-corrected chi connectivity index (χ1v) is 9.81. The molecule has 4 N–H and O–H groups in total. The first-order chi connectivity index (χ1) is 13.9. The number of hydrogen-bond acceptors (Lipinski definition) is 8. The van der Waals surface area contributed by atoms with E-state index in [1.54, 1.807) is 19.1 Å². The van der Waals surface area contributed by atoms with Crippen molar-refractivity contribution in [2.24, 2.45) is 5.84 Å². The number of amides is 1. The Labute approximate surface area is 167 Å². The number of aromatic nitrogens is 3. The van der Waals surface area contributed by atoms with Crippen LogP contribution in [0.4, 0.5) is 5.82 Å². The summed E-state index contributed by atoms with van der Waals surface area (Å²) < 4.78 is 33.5. The highest BCUT2D eigenvalue weighted by atomic mass is 32.2. The van der Waals surface area contributed by atoms with Crippen LogP contribution in [0.1, 0.15) is 16.1 Å². The average Bonchev–Trinajstić information content (AvgIpc) is 2.74. The molecule has 0 spiro atoms. The summed E-state index contributed by atoms with van der Waals surface area (Å²) in [4.78, 5) is 23.9. The summed E-state index contributed by atoms with van der Waals surface area (Å²) in [5.41, 5.74) is 3.65. The lowest BCUT2D eigenvalue weighted by Gasteiger charge is -2.13. The monoisotopic (exact) mass is 414 g/mol. The number of aryl methyl sites for hydroxylation is 1. The van der Waals surface area contributed by atoms with Gasteiger partial charge in [0.1, 0.15) is 4.90 Å². The van der Waals surface area contributed by atoms with E-state index in [0.29, 0.717) is 16.8 Å². The zero-order valence-corrected chi connectivity index (χ0v) is 16.4. The molecule has 0 bridgehead atoms. The van der Waals surface area contributed by atoms with Crippen LogP contribution in [0, 0.1) is 6.92 Å². The summed E-state index contributed by atoms with van der Waals surface area (Å²) in [7, 11) is -2.69. The molecule has 10 nitrogen and oxygen atoms in total. The van der Waals surface area contributed by atoms with Gasteiger partial charge < -0.3 is 4.74 Å². The highest BCUT2D eigenvalue weighted by Crippen LogP contribution is 2.28. The Hall–Kier alpha value is -3.57. The molecular formula is C18H18N6O4S. The molecule has 150 valence electrons. The highest BCUT2D eigenvalue weighted by Gasteiger charge is 2.23. The van der Waals surface area contributed by atoms with Gasteiger partial charge in [-0.15, -0.1) is 0 Å². The van der Waals surface area contributed by atoms with Crippen molar-refractivity contribution >= 4 is 21.7 Å². The van der Waals surface area contributed by atoms with Crippen LogP contribution in [-0.2, 0) is 10.0 Å². The normalized spacial score (nSPS) is 11.0. The highest BCUT2D eigenvalue weighted by molar-refractivity contribution is 7.92. The largest absolute Gasteiger partial charge is 0.478 e. The lowest BCUT2D eigenvalue weighted by Crippen LogP contribution is -2.29. The number of rotatable bonds is 6. The van der Waals surface area contributed by atoms with E-state index in [9.17, 15) is 13.2 Å². The minimum atomic E-state index is -4.06. The van der Waals surface area contributed by atoms with E-state index in [-0.39, 0.29) is 22.3 Å². The second kappa shape index (κ2) is 8.20. The number of sulfonamides is 1. The maximum Gasteiger partial charge on any atom is 0.265 e. The molecule has 1 amide bonds. The molecule has 11 heteroatoms. The summed E-state index contributed by atoms with van der Waals surface area (Å²) in [6, 6.07) is 9.12. The third-order valence-corrected chi connectivity index (χ3v) is 5.27. The Morgan fingerprint density at radius 3 is 2.52 bits per heavy atom. The van der Waals surface area contributed by atoms with Gasteiger partial charge in [-0.25, -0.2) is 24.2 Å². The maximum absolute atomic E-state index is 13.0. The Morgan fingerprint density at radius 2 is 1.86 bits per heavy atom. The van der Waals surface area contributed by atoms with E-state index in [4.69, 9.17) is 10.6 Å². The van der Waals surface area contributed by atoms with Crippen molar-refractivity contribution in [3.8, 4) is 17.1 Å². The number of carbonyl (C=O) groups excluding carboxylic acids is 1. The van der Waals surface area contributed by atoms with Crippen LogP contribution >= 0.6 is 0 Å². The number of pyridine rings is 1. The average molecular weight is 414 g/mol. The number of hydrogen-bond donors (Lipinski definition) is 3. The molecule has 3 aromatic rings. The zero-order valence-electron chi connectivity index (χ0n) is 15.6. The first kappa shape index (κ1) is 20.2. The van der Waals surface area contributed by atoms with E-state index in [1.165, 1.54) is 43.8 Å². The summed E-state index contributed by atoms with van der Waals surface area (Å²) in [5, 5.41) is 0. The van der Waals surface area contributed by atoms with Crippen LogP contribution in [-0.4, -0.2) is 36.4 Å². The second-order valence-electron chi connectivity index (χ2n) is 5.88. The quantitative estimate of drug-likeness (QED) is 0.310. The van der Waals surface area contributed by atoms with E-state index in [0.717, 1.165) is 0 Å². The van der Waals surface area contributed by atoms with E-state index in [1.807, 2.05) is 5.43 Å². The predicted octanol–water partition coefficient (Wildman–Crippen LogP) is 1.26. The molecule has 0 aliphatic carbocycles. The standard InChI is InChI=1S/C18H18N6O4S/c1-11-10-21-16(18(22-11)28-2)24-29(26,27)14-4-3-9-20-15(14)12-5-7-13(8-6-12)17(25)23-19/h3-10H,19H2,1-2H3,(H,21,24)(H,23,25). The molecule has 29 heavy (non-hydrogen) atoms. The number of nitrogen functional groups attached to an aromatic ring is 1. The Bertz CT molecular complexity index is 1150. The number of nitrogens with zero attached hydrogens (tertiary/aromatic N) is 3. The van der Waals surface area contributed by atoms with Crippen LogP contribution in [0.15, 0.2) is 53.7 Å². The van der Waals surface area contributed by atoms with Gasteiger partial charge in [0.05, 0.1) is 24.7 Å². The number of ether oxygens (including phenoxy) is 1. The Morgan fingerprint density at radius 1 is 1.14 bits per heavy atom. The van der Waals surface area contributed by atoms with Crippen molar-refractivity contribution in [3.63, 3.8) is 0 Å². The van der Waals surface area contributed by atoms with Crippen molar-refractivity contribution in [3.05, 3.63) is 60.0 Å². The van der Waals surface area contributed by atoms with Crippen molar-refractivity contribution in [2.45, 2.75) is 11.8 Å². The number of methoxy groups -OCH3 is 1. The van der Waals surface area contributed by atoms with Crippen LogP contribution in [0.25, 0.3) is 11.3 Å². The van der Waals surface area contributed by atoms with E-state index in [2.05, 4.69) is 19.7 Å². The number of carbonyl (C=O) groups is 1. The van der Waals surface area contributed by atoms with Gasteiger partial charge in [-0.1, -0.05) is 12.1 Å². The number of nitrogens with one attached hydrogen (secondary N) is 2. The van der Waals surface area contributed by atoms with Crippen molar-refractivity contribution in [1.82, 2.24) is 20.4 Å². The first-order valence-electron chi connectivity index (χ1n) is 8.32. The molecule has 0 aliphatic heterocycles. The van der Waals surface area contributed by atoms with E-state index < -0.39 is 15.9 Å². The molecule has 0 fully saturated rings. The van der Waals surface area contributed by atoms with Crippen LogP contribution in [0.5, 0.6) is 5.88 Å². The van der Waals surface area contributed by atoms with Crippen LogP contribution < -0.4 is 20.7 Å². The van der Waals surface area contributed by atoms with E-state index >= 15 is 0 Å². The summed E-state index contributed by atoms with van der Waals surface area (Å²) in [5.74, 6) is 4.67. The van der Waals surface area contributed by atoms with Gasteiger partial charge in [-0.3, -0.25) is 19.9 Å². The fourth-order valence-corrected chi connectivity index (χ4v) is 3.72. The Kier molecular flexibility index (Phi) is 5.71. The fraction of sp³-hybridized carbons (Fsp3) is 0.111. The fourth-order valence-electron chi connectivity index (χ4n) is 2.54. The molecular weight excluding hydrogens is 396 g/mol. The van der Waals surface area contributed by atoms with Crippen LogP contribution in [0.3, 0.4) is 0 Å². The van der Waals surface area contributed by atoms with Crippen molar-refractivity contribution in [2.75, 3.05) is 11.8 Å². The van der Waals surface area contributed by atoms with Gasteiger partial charge in [-0.2, -0.15) is 0 Å². The van der Waals surface area contributed by atoms with Gasteiger partial charge >= 0.3 is 0 Å². The molecule has 2 heterocycles. The third kappa shape index (κ3) is 4.31. The van der Waals surface area contributed by atoms with Crippen molar-refractivity contribution in [1.29, 1.82) is 0 Å². The van der Waals surface area contributed by atoms with Gasteiger partial charge in [0.15, 0.2) is 0 Å². The molecule has 3 rings (SSSR count). The minimum absolute atomic E-state index is 0.0390. The van der Waals surface area contributed by atoms with Crippen molar-refractivity contribution < 1.29 is 17.9 Å². The molecule has 0 atom stereocenters. The van der Waals surface area contributed by atoms with Gasteiger partial charge in [0, 0.05) is 17.3 Å². The SMILES string of the molecule is COc1nc(C)cnc1NS(=O)(=O)c1cccnc1-c1ccc(C(=O)NN)cc1.